The predicted octanol–water partition coefficient (Wildman–Crippen LogP) is 5.60. The molecule has 9 rings (SSSR count). The minimum atomic E-state index is -0.910. The molecule has 4 fully saturated rings. The number of hydrogen-bond donors (Lipinski definition) is 8. The van der Waals surface area contributed by atoms with Gasteiger partial charge in [-0.3, -0.25) is 38.4 Å². The summed E-state index contributed by atoms with van der Waals surface area (Å²) in [6.07, 6.45) is 15.5. The van der Waals surface area contributed by atoms with Crippen molar-refractivity contribution in [2.24, 2.45) is 11.8 Å². The molecule has 0 radical (unpaired) electrons. The van der Waals surface area contributed by atoms with E-state index >= 15 is 9.59 Å². The van der Waals surface area contributed by atoms with Gasteiger partial charge in [0.05, 0.1) is 24.2 Å². The SMILES string of the molecule is CC[C@H](NC)C(=O)N[C@H](C(=O)N1C[C@@H](NC(=O)c2ccc(C(=O)N[C@H]3C[C@@H](C(=O)N[C@@H]4CCCc5ccccc54)N(C(=O)[C@@H](NC(=O)[C@H](CC)NC)C4CCCCC4)C3)cc2)C[C@H]1C(=O)N[C@@H]1CCCc2ccccc21)C1CCCCC1. The molecule has 0 aromatic heterocycles. The first-order valence-electron chi connectivity index (χ1n) is 30.8. The molecule has 0 spiro atoms. The average Bonchev–Trinajstić information content (AvgIpc) is 4.30. The van der Waals surface area contributed by atoms with Crippen molar-refractivity contribution < 1.29 is 38.4 Å². The van der Waals surface area contributed by atoms with Crippen molar-refractivity contribution in [3.8, 4) is 0 Å². The predicted molar refractivity (Wildman–Crippen MR) is 313 cm³/mol. The lowest BCUT2D eigenvalue weighted by molar-refractivity contribution is -0.143. The lowest BCUT2D eigenvalue weighted by Crippen LogP contribution is -2.58. The second kappa shape index (κ2) is 28.1. The molecule has 4 aliphatic carbocycles. The van der Waals surface area contributed by atoms with Gasteiger partial charge >= 0.3 is 0 Å². The van der Waals surface area contributed by atoms with E-state index in [-0.39, 0.29) is 96.4 Å². The topological polar surface area (TPSA) is 239 Å². The van der Waals surface area contributed by atoms with Gasteiger partial charge in [-0.1, -0.05) is 101 Å². The van der Waals surface area contributed by atoms with Gasteiger partial charge < -0.3 is 52.3 Å². The number of aryl methyl sites for hydroxylation is 2. The minimum absolute atomic E-state index is 0.0591. The van der Waals surface area contributed by atoms with Gasteiger partial charge in [-0.2, -0.15) is 0 Å². The van der Waals surface area contributed by atoms with Gasteiger partial charge in [0.1, 0.15) is 24.2 Å². The highest BCUT2D eigenvalue weighted by Crippen LogP contribution is 2.35. The smallest absolute Gasteiger partial charge is 0.251 e. The number of benzene rings is 3. The Morgan fingerprint density at radius 2 is 0.854 bits per heavy atom. The van der Waals surface area contributed by atoms with Crippen molar-refractivity contribution in [1.29, 1.82) is 0 Å². The monoisotopic (exact) mass is 1120 g/mol. The minimum Gasteiger partial charge on any atom is -0.347 e. The van der Waals surface area contributed by atoms with Crippen LogP contribution in [0.3, 0.4) is 0 Å². The quantitative estimate of drug-likeness (QED) is 0.0697. The summed E-state index contributed by atoms with van der Waals surface area (Å²) in [5.41, 5.74) is 5.04. The Balaban J connectivity index is 0.901. The number of rotatable bonds is 20. The molecular weight excluding hydrogens is 1040 g/mol. The fourth-order valence-electron chi connectivity index (χ4n) is 14.1. The molecule has 442 valence electrons. The van der Waals surface area contributed by atoms with Gasteiger partial charge in [-0.05, 0) is 162 Å². The van der Waals surface area contributed by atoms with Crippen molar-refractivity contribution in [2.45, 2.75) is 203 Å². The summed E-state index contributed by atoms with van der Waals surface area (Å²) in [5.74, 6) is -2.89. The molecule has 2 aliphatic heterocycles. The number of amides is 8. The van der Waals surface area contributed by atoms with E-state index in [0.29, 0.717) is 12.8 Å². The van der Waals surface area contributed by atoms with Crippen molar-refractivity contribution in [3.05, 3.63) is 106 Å². The molecule has 2 saturated heterocycles. The third-order valence-corrected chi connectivity index (χ3v) is 18.7. The summed E-state index contributed by atoms with van der Waals surface area (Å²) in [6.45, 7) is 3.94. The van der Waals surface area contributed by atoms with Crippen molar-refractivity contribution in [1.82, 2.24) is 52.3 Å². The first kappa shape index (κ1) is 59.9. The lowest BCUT2D eigenvalue weighted by atomic mass is 9.83. The summed E-state index contributed by atoms with van der Waals surface area (Å²) in [7, 11) is 3.44. The van der Waals surface area contributed by atoms with Crippen LogP contribution in [0.4, 0.5) is 0 Å². The maximum atomic E-state index is 15.0. The van der Waals surface area contributed by atoms with E-state index in [0.717, 1.165) is 114 Å². The van der Waals surface area contributed by atoms with Crippen LogP contribution in [0, 0.1) is 11.8 Å². The second-order valence-corrected chi connectivity index (χ2v) is 24.0. The highest BCUT2D eigenvalue weighted by Gasteiger charge is 2.47. The van der Waals surface area contributed by atoms with E-state index in [1.165, 1.54) is 11.1 Å². The molecule has 0 bridgehead atoms. The van der Waals surface area contributed by atoms with Crippen molar-refractivity contribution in [2.75, 3.05) is 27.2 Å². The fraction of sp³-hybridized carbons (Fsp3) is 0.594. The molecule has 2 heterocycles. The van der Waals surface area contributed by atoms with Crippen LogP contribution in [0.15, 0.2) is 72.8 Å². The Hall–Kier alpha value is -6.66. The molecule has 10 atom stereocenters. The fourth-order valence-corrected chi connectivity index (χ4v) is 14.1. The average molecular weight is 1130 g/mol. The zero-order chi connectivity index (χ0) is 57.9. The molecule has 18 nitrogen and oxygen atoms in total. The molecule has 82 heavy (non-hydrogen) atoms. The number of hydrogen-bond acceptors (Lipinski definition) is 10. The Morgan fingerprint density at radius 3 is 1.22 bits per heavy atom. The third kappa shape index (κ3) is 14.0. The van der Waals surface area contributed by atoms with Gasteiger partial charge in [0.25, 0.3) is 11.8 Å². The summed E-state index contributed by atoms with van der Waals surface area (Å²) in [4.78, 5) is 118. The van der Waals surface area contributed by atoms with E-state index in [2.05, 4.69) is 54.7 Å². The number of likely N-dealkylation sites (N-methyl/N-ethyl adjacent to an activating group) is 2. The Labute approximate surface area is 484 Å². The van der Waals surface area contributed by atoms with Crippen LogP contribution in [0.1, 0.15) is 184 Å². The molecule has 3 aromatic carbocycles. The molecule has 18 heteroatoms. The molecular formula is C64H88N10O8. The number of likely N-dealkylation sites (tertiary alicyclic amines) is 2. The first-order valence-corrected chi connectivity index (χ1v) is 30.8. The van der Waals surface area contributed by atoms with Gasteiger partial charge in [-0.15, -0.1) is 0 Å². The van der Waals surface area contributed by atoms with Crippen LogP contribution in [-0.2, 0) is 41.6 Å². The van der Waals surface area contributed by atoms with Crippen molar-refractivity contribution in [3.63, 3.8) is 0 Å². The van der Waals surface area contributed by atoms with E-state index in [9.17, 15) is 28.8 Å². The molecule has 8 amide bonds. The third-order valence-electron chi connectivity index (χ3n) is 18.7. The maximum Gasteiger partial charge on any atom is 0.251 e. The van der Waals surface area contributed by atoms with E-state index < -0.39 is 60.1 Å². The van der Waals surface area contributed by atoms with Crippen molar-refractivity contribution >= 4 is 47.3 Å². The van der Waals surface area contributed by atoms with E-state index in [1.807, 2.05) is 50.2 Å². The van der Waals surface area contributed by atoms with Gasteiger partial charge in [-0.25, -0.2) is 0 Å². The second-order valence-electron chi connectivity index (χ2n) is 24.0. The van der Waals surface area contributed by atoms with Gasteiger partial charge in [0.2, 0.25) is 35.4 Å². The lowest BCUT2D eigenvalue weighted by Gasteiger charge is -2.36. The zero-order valence-electron chi connectivity index (χ0n) is 48.6. The van der Waals surface area contributed by atoms with Gasteiger partial charge in [0, 0.05) is 36.3 Å². The summed E-state index contributed by atoms with van der Waals surface area (Å²) in [5, 5.41) is 25.1. The largest absolute Gasteiger partial charge is 0.347 e. The Morgan fingerprint density at radius 1 is 0.476 bits per heavy atom. The molecule has 8 N–H and O–H groups in total. The standard InChI is InChI=1S/C64H88N10O8/c1-5-49(65-3)59(77)71-55(41-21-9-7-10-22-41)63(81)73-37-45(35-53(73)61(79)69-51-29-17-25-39-19-13-15-27-47(39)51)67-57(75)43-31-33-44(34-32-43)58(76)68-46-36-54(62(80)70-52-30-18-26-40-20-14-16-28-48(40)52)74(38-46)64(82)56(42-23-11-8-12-24-42)72-60(78)50(6-2)66-4/h13-16,19-20,27-28,31-34,41-42,45-46,49-56,65-66H,5-12,17-18,21-26,29-30,35-38H2,1-4H3,(H,67,75)(H,68,76)(H,69,79)(H,70,80)(H,71,77)(H,72,78)/t45-,46-,49-,50-,51+,52+,53-,54-,55-,56-/m0/s1. The number of fused-ring (bicyclic) bond motifs is 2. The first-order chi connectivity index (χ1) is 39.8. The van der Waals surface area contributed by atoms with E-state index in [1.54, 1.807) is 48.2 Å². The zero-order valence-corrected chi connectivity index (χ0v) is 48.6. The van der Waals surface area contributed by atoms with Crippen LogP contribution in [0.25, 0.3) is 0 Å². The molecule has 0 unspecified atom stereocenters. The van der Waals surface area contributed by atoms with E-state index in [4.69, 9.17) is 0 Å². The highest BCUT2D eigenvalue weighted by atomic mass is 16.2. The number of carbonyl (C=O) groups excluding carboxylic acids is 8. The normalized spacial score (nSPS) is 24.3. The summed E-state index contributed by atoms with van der Waals surface area (Å²) < 4.78 is 0. The van der Waals surface area contributed by atoms with Crippen LogP contribution in [-0.4, -0.2) is 133 Å². The molecule has 2 saturated carbocycles. The van der Waals surface area contributed by atoms with Crippen LogP contribution >= 0.6 is 0 Å². The van der Waals surface area contributed by atoms with Crippen LogP contribution < -0.4 is 42.5 Å². The summed E-state index contributed by atoms with van der Waals surface area (Å²) >= 11 is 0. The number of carbonyl (C=O) groups is 8. The Kier molecular flexibility index (Phi) is 20.5. The molecule has 3 aromatic rings. The van der Waals surface area contributed by atoms with Crippen LogP contribution in [0.2, 0.25) is 0 Å². The maximum absolute atomic E-state index is 15.0. The van der Waals surface area contributed by atoms with Crippen LogP contribution in [0.5, 0.6) is 0 Å². The number of nitrogens with one attached hydrogen (secondary N) is 8. The summed E-state index contributed by atoms with van der Waals surface area (Å²) in [6, 6.07) is 16.3. The molecule has 6 aliphatic rings. The number of nitrogens with zero attached hydrogens (tertiary/aromatic N) is 2. The Bertz CT molecular complexity index is 2570. The van der Waals surface area contributed by atoms with Gasteiger partial charge in [0.15, 0.2) is 0 Å². The highest BCUT2D eigenvalue weighted by molar-refractivity contribution is 5.99.